The molecule has 0 aliphatic rings. The Balaban J connectivity index is 2.63. The van der Waals surface area contributed by atoms with Crippen LogP contribution in [0.5, 0.6) is 0 Å². The third-order valence-electron chi connectivity index (χ3n) is 1.85. The quantitative estimate of drug-likeness (QED) is 0.709. The Hall–Kier alpha value is -0.830. The summed E-state index contributed by atoms with van der Waals surface area (Å²) < 4.78 is 0. The molecule has 0 saturated carbocycles. The van der Waals surface area contributed by atoms with E-state index in [2.05, 4.69) is 17.1 Å². The number of hydrogen-bond acceptors (Lipinski definition) is 2. The minimum atomic E-state index is 0.221. The number of aryl methyl sites for hydroxylation is 1. The zero-order valence-electron chi connectivity index (χ0n) is 7.80. The predicted molar refractivity (Wildman–Crippen MR) is 49.9 cm³/mol. The normalized spacial score (nSPS) is 13.2. The van der Waals surface area contributed by atoms with Gasteiger partial charge < -0.3 is 5.73 Å². The van der Waals surface area contributed by atoms with Crippen LogP contribution in [0.3, 0.4) is 0 Å². The van der Waals surface area contributed by atoms with Crippen molar-refractivity contribution < 1.29 is 0 Å². The van der Waals surface area contributed by atoms with E-state index in [1.165, 1.54) is 11.3 Å². The lowest BCUT2D eigenvalue weighted by Gasteiger charge is -2.04. The molecule has 1 rings (SSSR count). The second kappa shape index (κ2) is 4.26. The molecule has 1 heterocycles. The Bertz CT molecular complexity index is 227. The van der Waals surface area contributed by atoms with E-state index in [4.69, 9.17) is 5.73 Å². The van der Waals surface area contributed by atoms with E-state index in [1.807, 2.05) is 13.1 Å². The minimum absolute atomic E-state index is 0.221. The summed E-state index contributed by atoms with van der Waals surface area (Å²) in [6, 6.07) is 0.221. The molecule has 0 amide bonds. The van der Waals surface area contributed by atoms with Crippen molar-refractivity contribution in [2.45, 2.75) is 39.2 Å². The zero-order chi connectivity index (χ0) is 8.97. The molecule has 1 aromatic heterocycles. The molecule has 1 aromatic rings. The maximum Gasteiger partial charge on any atom is 0.0522 e. The number of aromatic amines is 1. The first-order valence-electron chi connectivity index (χ1n) is 4.50. The molecule has 0 spiro atoms. The van der Waals surface area contributed by atoms with Gasteiger partial charge in [0.25, 0.3) is 0 Å². The van der Waals surface area contributed by atoms with Crippen LogP contribution in [-0.4, -0.2) is 16.2 Å². The summed E-state index contributed by atoms with van der Waals surface area (Å²) >= 11 is 0. The Labute approximate surface area is 73.4 Å². The molecule has 1 unspecified atom stereocenters. The minimum Gasteiger partial charge on any atom is -0.328 e. The van der Waals surface area contributed by atoms with E-state index in [-0.39, 0.29) is 6.04 Å². The number of rotatable bonds is 4. The molecule has 0 saturated heterocycles. The fraction of sp³-hybridized carbons (Fsp3) is 0.667. The van der Waals surface area contributed by atoms with Gasteiger partial charge in [-0.25, -0.2) is 0 Å². The topological polar surface area (TPSA) is 54.7 Å². The summed E-state index contributed by atoms with van der Waals surface area (Å²) in [4.78, 5) is 0. The predicted octanol–water partition coefficient (Wildman–Crippen LogP) is 1.25. The summed E-state index contributed by atoms with van der Waals surface area (Å²) in [5, 5.41) is 7.02. The monoisotopic (exact) mass is 167 g/mol. The van der Waals surface area contributed by atoms with Crippen molar-refractivity contribution >= 4 is 0 Å². The van der Waals surface area contributed by atoms with Gasteiger partial charge in [-0.15, -0.1) is 0 Å². The van der Waals surface area contributed by atoms with Crippen LogP contribution in [-0.2, 0) is 12.8 Å². The number of H-pyrrole nitrogens is 1. The highest BCUT2D eigenvalue weighted by atomic mass is 15.1. The first-order valence-corrected chi connectivity index (χ1v) is 4.50. The van der Waals surface area contributed by atoms with Crippen LogP contribution in [0.4, 0.5) is 0 Å². The summed E-state index contributed by atoms with van der Waals surface area (Å²) in [5.41, 5.74) is 8.22. The number of nitrogens with zero attached hydrogens (tertiary/aromatic N) is 1. The average Bonchev–Trinajstić information content (AvgIpc) is 2.37. The number of aromatic nitrogens is 2. The average molecular weight is 167 g/mol. The first kappa shape index (κ1) is 9.26. The molecule has 12 heavy (non-hydrogen) atoms. The van der Waals surface area contributed by atoms with Crippen LogP contribution < -0.4 is 5.73 Å². The summed E-state index contributed by atoms with van der Waals surface area (Å²) in [7, 11) is 0. The highest BCUT2D eigenvalue weighted by molar-refractivity contribution is 5.17. The van der Waals surface area contributed by atoms with Crippen molar-refractivity contribution in [3.63, 3.8) is 0 Å². The van der Waals surface area contributed by atoms with Crippen molar-refractivity contribution in [3.8, 4) is 0 Å². The number of nitrogens with two attached hydrogens (primary N) is 1. The summed E-state index contributed by atoms with van der Waals surface area (Å²) in [6.45, 7) is 4.18. The van der Waals surface area contributed by atoms with Crippen molar-refractivity contribution in [3.05, 3.63) is 17.5 Å². The number of nitrogens with one attached hydrogen (secondary N) is 1. The smallest absolute Gasteiger partial charge is 0.0522 e. The summed E-state index contributed by atoms with van der Waals surface area (Å²) in [6.07, 6.45) is 5.02. The van der Waals surface area contributed by atoms with Gasteiger partial charge in [0.1, 0.15) is 0 Å². The standard InChI is InChI=1S/C9H17N3/c1-3-4-9-8(5-7(2)10)6-11-12-9/h6-7H,3-5,10H2,1-2H3,(H,11,12). The van der Waals surface area contributed by atoms with E-state index < -0.39 is 0 Å². The van der Waals surface area contributed by atoms with E-state index >= 15 is 0 Å². The highest BCUT2D eigenvalue weighted by Gasteiger charge is 2.05. The zero-order valence-corrected chi connectivity index (χ0v) is 7.80. The van der Waals surface area contributed by atoms with E-state index in [0.717, 1.165) is 19.3 Å². The lowest BCUT2D eigenvalue weighted by Crippen LogP contribution is -2.18. The fourth-order valence-electron chi connectivity index (χ4n) is 1.33. The van der Waals surface area contributed by atoms with Gasteiger partial charge in [0.15, 0.2) is 0 Å². The maximum atomic E-state index is 5.71. The van der Waals surface area contributed by atoms with Crippen LogP contribution in [0.1, 0.15) is 31.5 Å². The Kier molecular flexibility index (Phi) is 3.29. The molecule has 0 aromatic carbocycles. The molecule has 3 nitrogen and oxygen atoms in total. The van der Waals surface area contributed by atoms with Crippen molar-refractivity contribution in [2.75, 3.05) is 0 Å². The first-order chi connectivity index (χ1) is 5.74. The molecule has 0 fully saturated rings. The Morgan fingerprint density at radius 2 is 2.42 bits per heavy atom. The molecule has 68 valence electrons. The largest absolute Gasteiger partial charge is 0.328 e. The van der Waals surface area contributed by atoms with Gasteiger partial charge in [-0.3, -0.25) is 5.10 Å². The number of hydrogen-bond donors (Lipinski definition) is 2. The van der Waals surface area contributed by atoms with Crippen molar-refractivity contribution in [1.82, 2.24) is 10.2 Å². The van der Waals surface area contributed by atoms with Crippen molar-refractivity contribution in [1.29, 1.82) is 0 Å². The highest BCUT2D eigenvalue weighted by Crippen LogP contribution is 2.08. The van der Waals surface area contributed by atoms with Gasteiger partial charge >= 0.3 is 0 Å². The van der Waals surface area contributed by atoms with Gasteiger partial charge in [0, 0.05) is 11.7 Å². The van der Waals surface area contributed by atoms with Crippen LogP contribution in [0.15, 0.2) is 6.20 Å². The van der Waals surface area contributed by atoms with E-state index in [9.17, 15) is 0 Å². The SMILES string of the molecule is CCCc1[nH]ncc1CC(C)N. The van der Waals surface area contributed by atoms with Gasteiger partial charge in [0.2, 0.25) is 0 Å². The second-order valence-corrected chi connectivity index (χ2v) is 3.31. The third-order valence-corrected chi connectivity index (χ3v) is 1.85. The third kappa shape index (κ3) is 2.34. The summed E-state index contributed by atoms with van der Waals surface area (Å²) in [5.74, 6) is 0. The van der Waals surface area contributed by atoms with E-state index in [0.29, 0.717) is 0 Å². The van der Waals surface area contributed by atoms with Crippen LogP contribution in [0, 0.1) is 0 Å². The van der Waals surface area contributed by atoms with Gasteiger partial charge in [-0.1, -0.05) is 13.3 Å². The fourth-order valence-corrected chi connectivity index (χ4v) is 1.33. The van der Waals surface area contributed by atoms with Gasteiger partial charge in [-0.05, 0) is 25.3 Å². The molecule has 3 N–H and O–H groups in total. The lowest BCUT2D eigenvalue weighted by molar-refractivity contribution is 0.727. The Morgan fingerprint density at radius 3 is 3.00 bits per heavy atom. The Morgan fingerprint density at radius 1 is 1.67 bits per heavy atom. The molecule has 3 heteroatoms. The lowest BCUT2D eigenvalue weighted by atomic mass is 10.1. The van der Waals surface area contributed by atoms with Crippen LogP contribution in [0.25, 0.3) is 0 Å². The van der Waals surface area contributed by atoms with Crippen LogP contribution >= 0.6 is 0 Å². The maximum absolute atomic E-state index is 5.71. The molecular formula is C9H17N3. The van der Waals surface area contributed by atoms with Crippen LogP contribution in [0.2, 0.25) is 0 Å². The second-order valence-electron chi connectivity index (χ2n) is 3.31. The molecular weight excluding hydrogens is 150 g/mol. The molecule has 1 atom stereocenters. The van der Waals surface area contributed by atoms with Gasteiger partial charge in [-0.2, -0.15) is 5.10 Å². The molecule has 0 aliphatic carbocycles. The molecule has 0 aliphatic heterocycles. The molecule has 0 radical (unpaired) electrons. The van der Waals surface area contributed by atoms with Crippen molar-refractivity contribution in [2.24, 2.45) is 5.73 Å². The van der Waals surface area contributed by atoms with Gasteiger partial charge in [0.05, 0.1) is 6.20 Å². The van der Waals surface area contributed by atoms with E-state index in [1.54, 1.807) is 0 Å². The molecule has 0 bridgehead atoms.